The van der Waals surface area contributed by atoms with Crippen molar-refractivity contribution in [2.45, 2.75) is 37.6 Å². The number of nitrogens with zero attached hydrogens (tertiary/aromatic N) is 3. The van der Waals surface area contributed by atoms with Gasteiger partial charge in [-0.3, -0.25) is 4.90 Å². The van der Waals surface area contributed by atoms with Crippen LogP contribution >= 0.6 is 11.3 Å². The molecule has 1 aliphatic heterocycles. The van der Waals surface area contributed by atoms with Crippen LogP contribution in [0, 0.1) is 6.92 Å². The summed E-state index contributed by atoms with van der Waals surface area (Å²) >= 11 is 1.61. The first kappa shape index (κ1) is 19.9. The van der Waals surface area contributed by atoms with Gasteiger partial charge in [0.2, 0.25) is 15.9 Å². The summed E-state index contributed by atoms with van der Waals surface area (Å²) in [5, 5.41) is 2.01. The molecule has 3 aromatic rings. The standard InChI is InChI=1S/C22H25N3O3S2/c1-16-20(23-22(28-16)21-6-3-13-29-21)15-24-9-11-25(12-10-24)30(26,27)19-8-7-17-4-2-5-18(17)14-19/h3,6-8,13-14H,2,4-5,9-12,15H2,1H3. The number of rotatable bonds is 5. The zero-order chi connectivity index (χ0) is 20.7. The minimum absolute atomic E-state index is 0.435. The van der Waals surface area contributed by atoms with E-state index in [-0.39, 0.29) is 0 Å². The topological polar surface area (TPSA) is 66.7 Å². The van der Waals surface area contributed by atoms with Crippen molar-refractivity contribution in [3.05, 3.63) is 58.3 Å². The van der Waals surface area contributed by atoms with Crippen LogP contribution in [-0.4, -0.2) is 48.8 Å². The van der Waals surface area contributed by atoms with E-state index in [0.717, 1.165) is 35.6 Å². The highest BCUT2D eigenvalue weighted by molar-refractivity contribution is 7.89. The molecule has 1 aliphatic carbocycles. The van der Waals surface area contributed by atoms with Gasteiger partial charge < -0.3 is 4.42 Å². The SMILES string of the molecule is Cc1oc(-c2cccs2)nc1CN1CCN(S(=O)(=O)c2ccc3c(c2)CCC3)CC1. The maximum atomic E-state index is 13.1. The first-order valence-electron chi connectivity index (χ1n) is 10.4. The number of aromatic nitrogens is 1. The minimum atomic E-state index is -3.44. The van der Waals surface area contributed by atoms with E-state index in [4.69, 9.17) is 4.42 Å². The summed E-state index contributed by atoms with van der Waals surface area (Å²) in [5.41, 5.74) is 3.41. The number of benzene rings is 1. The highest BCUT2D eigenvalue weighted by Gasteiger charge is 2.30. The largest absolute Gasteiger partial charge is 0.440 e. The normalized spacial score (nSPS) is 18.0. The van der Waals surface area contributed by atoms with Crippen LogP contribution in [0.25, 0.3) is 10.8 Å². The molecule has 0 radical (unpaired) electrons. The molecule has 1 fully saturated rings. The van der Waals surface area contributed by atoms with Crippen molar-refractivity contribution in [2.24, 2.45) is 0 Å². The highest BCUT2D eigenvalue weighted by atomic mass is 32.2. The smallest absolute Gasteiger partial charge is 0.243 e. The fraction of sp³-hybridized carbons (Fsp3) is 0.409. The van der Waals surface area contributed by atoms with Gasteiger partial charge in [-0.05, 0) is 60.9 Å². The van der Waals surface area contributed by atoms with E-state index in [1.54, 1.807) is 21.7 Å². The number of sulfonamides is 1. The molecule has 5 rings (SSSR count). The Morgan fingerprint density at radius 1 is 1.10 bits per heavy atom. The van der Waals surface area contributed by atoms with Crippen LogP contribution in [0.5, 0.6) is 0 Å². The fourth-order valence-electron chi connectivity index (χ4n) is 4.28. The van der Waals surface area contributed by atoms with Gasteiger partial charge in [0, 0.05) is 32.7 Å². The van der Waals surface area contributed by atoms with Crippen molar-refractivity contribution in [1.82, 2.24) is 14.2 Å². The van der Waals surface area contributed by atoms with Crippen molar-refractivity contribution in [3.8, 4) is 10.8 Å². The first-order chi connectivity index (χ1) is 14.5. The van der Waals surface area contributed by atoms with Crippen molar-refractivity contribution in [2.75, 3.05) is 26.2 Å². The predicted molar refractivity (Wildman–Crippen MR) is 117 cm³/mol. The van der Waals surface area contributed by atoms with E-state index in [2.05, 4.69) is 9.88 Å². The highest BCUT2D eigenvalue weighted by Crippen LogP contribution is 2.28. The Balaban J connectivity index is 1.24. The Morgan fingerprint density at radius 2 is 1.90 bits per heavy atom. The van der Waals surface area contributed by atoms with E-state index < -0.39 is 10.0 Å². The molecule has 0 saturated carbocycles. The molecular weight excluding hydrogens is 418 g/mol. The lowest BCUT2D eigenvalue weighted by molar-refractivity contribution is 0.179. The van der Waals surface area contributed by atoms with Gasteiger partial charge >= 0.3 is 0 Å². The molecule has 8 heteroatoms. The summed E-state index contributed by atoms with van der Waals surface area (Å²) in [7, 11) is -3.44. The summed E-state index contributed by atoms with van der Waals surface area (Å²) in [6.45, 7) is 4.97. The Bertz CT molecular complexity index is 1140. The number of fused-ring (bicyclic) bond motifs is 1. The number of thiophene rings is 1. The minimum Gasteiger partial charge on any atom is -0.440 e. The summed E-state index contributed by atoms with van der Waals surface area (Å²) in [6.07, 6.45) is 3.16. The van der Waals surface area contributed by atoms with Gasteiger partial charge in [-0.2, -0.15) is 4.31 Å². The first-order valence-corrected chi connectivity index (χ1v) is 12.7. The third kappa shape index (κ3) is 3.73. The van der Waals surface area contributed by atoms with Crippen molar-refractivity contribution >= 4 is 21.4 Å². The zero-order valence-corrected chi connectivity index (χ0v) is 18.6. The van der Waals surface area contributed by atoms with E-state index in [0.29, 0.717) is 43.5 Å². The van der Waals surface area contributed by atoms with Gasteiger partial charge in [0.15, 0.2) is 0 Å². The van der Waals surface area contributed by atoms with Crippen LogP contribution in [-0.2, 0) is 29.4 Å². The summed E-state index contributed by atoms with van der Waals surface area (Å²) in [4.78, 5) is 8.37. The predicted octanol–water partition coefficient (Wildman–Crippen LogP) is 3.71. The number of oxazole rings is 1. The zero-order valence-electron chi connectivity index (χ0n) is 17.0. The van der Waals surface area contributed by atoms with Crippen molar-refractivity contribution < 1.29 is 12.8 Å². The van der Waals surface area contributed by atoms with Crippen molar-refractivity contribution in [1.29, 1.82) is 0 Å². The van der Waals surface area contributed by atoms with Gasteiger partial charge in [0.1, 0.15) is 5.76 Å². The van der Waals surface area contributed by atoms with Crippen LogP contribution in [0.3, 0.4) is 0 Å². The van der Waals surface area contributed by atoms with E-state index in [9.17, 15) is 8.42 Å². The monoisotopic (exact) mass is 443 g/mol. The number of hydrogen-bond donors (Lipinski definition) is 0. The van der Waals surface area contributed by atoms with E-state index >= 15 is 0 Å². The molecule has 0 bridgehead atoms. The maximum absolute atomic E-state index is 13.1. The van der Waals surface area contributed by atoms with Crippen molar-refractivity contribution in [3.63, 3.8) is 0 Å². The number of aryl methyl sites for hydroxylation is 3. The van der Waals surface area contributed by atoms with Gasteiger partial charge in [-0.25, -0.2) is 13.4 Å². The number of piperazine rings is 1. The molecule has 2 aliphatic rings. The quantitative estimate of drug-likeness (QED) is 0.601. The molecule has 6 nitrogen and oxygen atoms in total. The molecule has 158 valence electrons. The lowest BCUT2D eigenvalue weighted by atomic mass is 10.1. The molecular formula is C22H25N3O3S2. The van der Waals surface area contributed by atoms with Crippen LogP contribution in [0.2, 0.25) is 0 Å². The molecule has 0 amide bonds. The Kier molecular flexibility index (Phi) is 5.26. The summed E-state index contributed by atoms with van der Waals surface area (Å²) < 4.78 is 33.7. The van der Waals surface area contributed by atoms with Crippen LogP contribution in [0.15, 0.2) is 45.0 Å². The molecule has 3 heterocycles. The van der Waals surface area contributed by atoms with Gasteiger partial charge in [-0.15, -0.1) is 11.3 Å². The van der Waals surface area contributed by atoms with Gasteiger partial charge in [0.05, 0.1) is 15.5 Å². The average Bonchev–Trinajstić information content (AvgIpc) is 3.49. The van der Waals surface area contributed by atoms with E-state index in [1.165, 1.54) is 11.1 Å². The van der Waals surface area contributed by atoms with Crippen LogP contribution in [0.4, 0.5) is 0 Å². The molecule has 2 aromatic heterocycles. The molecule has 0 unspecified atom stereocenters. The molecule has 1 saturated heterocycles. The lowest BCUT2D eigenvalue weighted by Gasteiger charge is -2.33. The summed E-state index contributed by atoms with van der Waals surface area (Å²) in [6, 6.07) is 9.64. The molecule has 30 heavy (non-hydrogen) atoms. The second-order valence-electron chi connectivity index (χ2n) is 7.96. The second-order valence-corrected chi connectivity index (χ2v) is 10.8. The van der Waals surface area contributed by atoms with Crippen LogP contribution in [0.1, 0.15) is 29.0 Å². The average molecular weight is 444 g/mol. The Labute approximate surface area is 181 Å². The van der Waals surface area contributed by atoms with Gasteiger partial charge in [0.25, 0.3) is 0 Å². The second kappa shape index (κ2) is 7.92. The Morgan fingerprint density at radius 3 is 2.67 bits per heavy atom. The van der Waals surface area contributed by atoms with Gasteiger partial charge in [-0.1, -0.05) is 12.1 Å². The third-order valence-corrected chi connectivity index (χ3v) is 8.79. The fourth-order valence-corrected chi connectivity index (χ4v) is 6.40. The van der Waals surface area contributed by atoms with E-state index in [1.807, 2.05) is 36.6 Å². The van der Waals surface area contributed by atoms with Crippen LogP contribution < -0.4 is 0 Å². The molecule has 0 N–H and O–H groups in total. The number of hydrogen-bond acceptors (Lipinski definition) is 6. The molecule has 0 spiro atoms. The Hall–Kier alpha value is -2.00. The molecule has 1 aromatic carbocycles. The third-order valence-electron chi connectivity index (χ3n) is 6.04. The molecule has 0 atom stereocenters. The maximum Gasteiger partial charge on any atom is 0.243 e. The summed E-state index contributed by atoms with van der Waals surface area (Å²) in [5.74, 6) is 1.49. The lowest BCUT2D eigenvalue weighted by Crippen LogP contribution is -2.48.